The minimum absolute atomic E-state index is 0.149. The third-order valence-electron chi connectivity index (χ3n) is 5.73. The summed E-state index contributed by atoms with van der Waals surface area (Å²) >= 11 is 0. The first-order valence-electron chi connectivity index (χ1n) is 10.8. The molecule has 0 radical (unpaired) electrons. The lowest BCUT2D eigenvalue weighted by Crippen LogP contribution is -2.58. The van der Waals surface area contributed by atoms with Crippen molar-refractivity contribution in [3.63, 3.8) is 0 Å². The van der Waals surface area contributed by atoms with Gasteiger partial charge < -0.3 is 38.3 Å². The molecule has 0 aromatic carbocycles. The van der Waals surface area contributed by atoms with E-state index >= 15 is 0 Å². The molecule has 0 bridgehead atoms. The number of aliphatic hydroxyl groups excluding tert-OH is 3. The van der Waals surface area contributed by atoms with Crippen LogP contribution in [0.15, 0.2) is 0 Å². The van der Waals surface area contributed by atoms with Gasteiger partial charge in [-0.25, -0.2) is 0 Å². The molecule has 5 unspecified atom stereocenters. The second-order valence-electron chi connectivity index (χ2n) is 8.24. The lowest BCUT2D eigenvalue weighted by atomic mass is 9.84. The zero-order valence-electron chi connectivity index (χ0n) is 17.2. The molecule has 9 heteroatoms. The molecule has 0 aromatic heterocycles. The number of hydrogen-bond donors (Lipinski definition) is 9. The van der Waals surface area contributed by atoms with Gasteiger partial charge in [-0.2, -0.15) is 0 Å². The van der Waals surface area contributed by atoms with Crippen molar-refractivity contribution >= 4 is 0 Å². The molecule has 0 heterocycles. The summed E-state index contributed by atoms with van der Waals surface area (Å²) in [7, 11) is 0. The first-order chi connectivity index (χ1) is 13.4. The number of rotatable bonds is 15. The molecule has 1 fully saturated rings. The molecule has 1 aliphatic carbocycles. The first-order valence-corrected chi connectivity index (χ1v) is 10.8. The van der Waals surface area contributed by atoms with E-state index in [0.717, 1.165) is 19.3 Å². The van der Waals surface area contributed by atoms with Gasteiger partial charge in [-0.05, 0) is 44.6 Å². The van der Waals surface area contributed by atoms with Gasteiger partial charge in [0, 0.05) is 24.7 Å². The van der Waals surface area contributed by atoms with Crippen LogP contribution in [0.3, 0.4) is 0 Å². The average Bonchev–Trinajstić information content (AvgIpc) is 2.69. The van der Waals surface area contributed by atoms with Crippen LogP contribution >= 0.6 is 0 Å². The Morgan fingerprint density at radius 3 is 2.11 bits per heavy atom. The smallest absolute Gasteiger partial charge is 0.120 e. The summed E-state index contributed by atoms with van der Waals surface area (Å²) in [5.41, 5.74) is 22.6. The van der Waals surface area contributed by atoms with E-state index in [1.807, 2.05) is 0 Å². The fraction of sp³-hybridized carbons (Fsp3) is 1.00. The van der Waals surface area contributed by atoms with Crippen LogP contribution in [0.1, 0.15) is 64.2 Å². The minimum Gasteiger partial charge on any atom is -0.379 e. The van der Waals surface area contributed by atoms with Gasteiger partial charge in [0.2, 0.25) is 0 Å². The highest BCUT2D eigenvalue weighted by molar-refractivity contribution is 4.84. The van der Waals surface area contributed by atoms with Gasteiger partial charge in [0.1, 0.15) is 18.7 Å². The van der Waals surface area contributed by atoms with Gasteiger partial charge >= 0.3 is 0 Å². The number of nitrogens with one attached hydrogen (secondary N) is 2. The summed E-state index contributed by atoms with van der Waals surface area (Å²) in [5.74, 6) is 0.506. The van der Waals surface area contributed by atoms with Gasteiger partial charge in [-0.15, -0.1) is 0 Å². The van der Waals surface area contributed by atoms with Crippen molar-refractivity contribution in [3.05, 3.63) is 0 Å². The summed E-state index contributed by atoms with van der Waals surface area (Å²) in [6, 6.07) is -0.965. The quantitative estimate of drug-likeness (QED) is 0.148. The van der Waals surface area contributed by atoms with E-state index in [1.54, 1.807) is 0 Å². The molecule has 0 amide bonds. The minimum atomic E-state index is -1.09. The summed E-state index contributed by atoms with van der Waals surface area (Å²) in [6.07, 6.45) is 6.18. The molecular weight excluding hydrogens is 360 g/mol. The van der Waals surface area contributed by atoms with Crippen molar-refractivity contribution in [1.29, 1.82) is 0 Å². The summed E-state index contributed by atoms with van der Waals surface area (Å²) in [6.45, 7) is 0.866. The monoisotopic (exact) mass is 404 g/mol. The number of hydrogen-bond acceptors (Lipinski definition) is 9. The second kappa shape index (κ2) is 14.6. The third kappa shape index (κ3) is 10.4. The Hall–Kier alpha value is -0.360. The van der Waals surface area contributed by atoms with Gasteiger partial charge in [0.25, 0.3) is 0 Å². The van der Waals surface area contributed by atoms with E-state index in [4.69, 9.17) is 22.9 Å². The molecular formula is C19H44N6O3. The van der Waals surface area contributed by atoms with Crippen LogP contribution in [-0.4, -0.2) is 65.2 Å². The fourth-order valence-corrected chi connectivity index (χ4v) is 3.92. The molecule has 28 heavy (non-hydrogen) atoms. The number of nitrogens with two attached hydrogens (primary N) is 4. The summed E-state index contributed by atoms with van der Waals surface area (Å²) in [5, 5.41) is 37.2. The Labute approximate surface area is 169 Å². The normalized spacial score (nSPS) is 22.4. The van der Waals surface area contributed by atoms with Gasteiger partial charge in [0.15, 0.2) is 0 Å². The Morgan fingerprint density at radius 2 is 1.54 bits per heavy atom. The van der Waals surface area contributed by atoms with E-state index in [1.165, 1.54) is 19.3 Å². The van der Waals surface area contributed by atoms with Crippen LogP contribution in [0, 0.1) is 5.92 Å². The highest BCUT2D eigenvalue weighted by Gasteiger charge is 2.29. The van der Waals surface area contributed by atoms with Gasteiger partial charge in [-0.1, -0.05) is 32.1 Å². The standard InChI is InChI=1S/C19H44N6O3/c20-10-4-7-15(18(23)27)25-19(28)16(11-13-5-2-1-3-6-13)24-17(26)9-8-14(22)12-21/h13-19,24-28H,1-12,20-23H2/t14?,15?,16-,17?,18?,19?/m0/s1. The van der Waals surface area contributed by atoms with Crippen molar-refractivity contribution in [2.45, 2.75) is 101 Å². The molecule has 6 atom stereocenters. The van der Waals surface area contributed by atoms with Crippen molar-refractivity contribution in [2.24, 2.45) is 28.9 Å². The lowest BCUT2D eigenvalue weighted by molar-refractivity contribution is 0.00896. The van der Waals surface area contributed by atoms with Crippen LogP contribution in [0.25, 0.3) is 0 Å². The third-order valence-corrected chi connectivity index (χ3v) is 5.73. The van der Waals surface area contributed by atoms with Crippen LogP contribution in [0.4, 0.5) is 0 Å². The Balaban J connectivity index is 2.68. The Morgan fingerprint density at radius 1 is 0.857 bits per heavy atom. The van der Waals surface area contributed by atoms with Crippen molar-refractivity contribution in [3.8, 4) is 0 Å². The van der Waals surface area contributed by atoms with Crippen molar-refractivity contribution in [2.75, 3.05) is 13.1 Å². The van der Waals surface area contributed by atoms with Crippen LogP contribution in [-0.2, 0) is 0 Å². The predicted molar refractivity (Wildman–Crippen MR) is 112 cm³/mol. The molecule has 0 aliphatic heterocycles. The van der Waals surface area contributed by atoms with E-state index in [9.17, 15) is 15.3 Å². The van der Waals surface area contributed by atoms with Gasteiger partial charge in [-0.3, -0.25) is 10.6 Å². The molecule has 1 saturated carbocycles. The van der Waals surface area contributed by atoms with E-state index in [0.29, 0.717) is 44.7 Å². The largest absolute Gasteiger partial charge is 0.379 e. The number of aliphatic hydroxyl groups is 3. The summed E-state index contributed by atoms with van der Waals surface area (Å²) < 4.78 is 0. The zero-order valence-corrected chi connectivity index (χ0v) is 17.2. The molecule has 168 valence electrons. The first kappa shape index (κ1) is 25.7. The predicted octanol–water partition coefficient (Wildman–Crippen LogP) is -1.41. The van der Waals surface area contributed by atoms with Gasteiger partial charge in [0.05, 0.1) is 0 Å². The molecule has 1 rings (SSSR count). The Bertz CT molecular complexity index is 385. The molecule has 9 nitrogen and oxygen atoms in total. The Kier molecular flexibility index (Phi) is 13.4. The molecule has 0 aromatic rings. The van der Waals surface area contributed by atoms with E-state index < -0.39 is 24.7 Å². The van der Waals surface area contributed by atoms with E-state index in [2.05, 4.69) is 10.6 Å². The fourth-order valence-electron chi connectivity index (χ4n) is 3.92. The van der Waals surface area contributed by atoms with E-state index in [-0.39, 0.29) is 12.1 Å². The molecule has 0 spiro atoms. The molecule has 1 aliphatic rings. The maximum Gasteiger partial charge on any atom is 0.120 e. The van der Waals surface area contributed by atoms with Crippen LogP contribution in [0.2, 0.25) is 0 Å². The highest BCUT2D eigenvalue weighted by atomic mass is 16.3. The average molecular weight is 405 g/mol. The maximum atomic E-state index is 10.8. The molecule has 0 saturated heterocycles. The SMILES string of the molecule is NCCCC(NC(O)[C@H](CC1CCCCC1)NC(O)CCC(N)CN)C(N)O. The van der Waals surface area contributed by atoms with Crippen molar-refractivity contribution < 1.29 is 15.3 Å². The van der Waals surface area contributed by atoms with Crippen LogP contribution < -0.4 is 33.6 Å². The van der Waals surface area contributed by atoms with Crippen LogP contribution in [0.5, 0.6) is 0 Å². The molecule has 13 N–H and O–H groups in total. The summed E-state index contributed by atoms with van der Waals surface area (Å²) in [4.78, 5) is 0. The lowest BCUT2D eigenvalue weighted by Gasteiger charge is -2.34. The zero-order chi connectivity index (χ0) is 20.9. The maximum absolute atomic E-state index is 10.8. The highest BCUT2D eigenvalue weighted by Crippen LogP contribution is 2.28. The van der Waals surface area contributed by atoms with Crippen molar-refractivity contribution in [1.82, 2.24) is 10.6 Å². The second-order valence-corrected chi connectivity index (χ2v) is 8.24. The topological polar surface area (TPSA) is 189 Å².